The lowest BCUT2D eigenvalue weighted by Crippen LogP contribution is -2.31. The highest BCUT2D eigenvalue weighted by molar-refractivity contribution is 5.92. The van der Waals surface area contributed by atoms with Crippen LogP contribution in [0, 0.1) is 12.8 Å². The Kier molecular flexibility index (Phi) is 5.16. The molecule has 0 aliphatic heterocycles. The van der Waals surface area contributed by atoms with Gasteiger partial charge in [0.2, 0.25) is 5.91 Å². The third kappa shape index (κ3) is 4.04. The molecule has 0 aliphatic carbocycles. The number of rotatable bonds is 5. The second-order valence-electron chi connectivity index (χ2n) is 4.84. The van der Waals surface area contributed by atoms with Crippen molar-refractivity contribution in [3.05, 3.63) is 23.8 Å². The lowest BCUT2D eigenvalue weighted by atomic mass is 10.0. The molecule has 100 valence electrons. The number of amides is 1. The van der Waals surface area contributed by atoms with E-state index >= 15 is 0 Å². The molecule has 1 atom stereocenters. The number of methoxy groups -OCH3 is 1. The molecule has 18 heavy (non-hydrogen) atoms. The molecule has 3 N–H and O–H groups in total. The number of nitrogens with one attached hydrogen (secondary N) is 1. The Labute approximate surface area is 109 Å². The van der Waals surface area contributed by atoms with Gasteiger partial charge < -0.3 is 15.8 Å². The number of carbonyl (C=O) groups is 1. The predicted molar refractivity (Wildman–Crippen MR) is 73.8 cm³/mol. The largest absolute Gasteiger partial charge is 0.497 e. The molecule has 0 aliphatic rings. The van der Waals surface area contributed by atoms with Crippen molar-refractivity contribution >= 4 is 11.6 Å². The molecule has 0 heterocycles. The van der Waals surface area contributed by atoms with E-state index in [2.05, 4.69) is 5.32 Å². The zero-order valence-electron chi connectivity index (χ0n) is 11.5. The summed E-state index contributed by atoms with van der Waals surface area (Å²) in [7, 11) is 1.60. The maximum Gasteiger partial charge on any atom is 0.225 e. The van der Waals surface area contributed by atoms with Gasteiger partial charge in [-0.05, 0) is 24.5 Å². The first-order valence-electron chi connectivity index (χ1n) is 6.14. The van der Waals surface area contributed by atoms with Crippen LogP contribution in [0.15, 0.2) is 18.2 Å². The van der Waals surface area contributed by atoms with Gasteiger partial charge in [0, 0.05) is 24.2 Å². The van der Waals surface area contributed by atoms with Gasteiger partial charge in [0.15, 0.2) is 0 Å². The third-order valence-electron chi connectivity index (χ3n) is 3.00. The second kappa shape index (κ2) is 6.40. The van der Waals surface area contributed by atoms with E-state index in [1.54, 1.807) is 7.11 Å². The Morgan fingerprint density at radius 1 is 1.44 bits per heavy atom. The van der Waals surface area contributed by atoms with Gasteiger partial charge >= 0.3 is 0 Å². The van der Waals surface area contributed by atoms with E-state index in [0.29, 0.717) is 12.3 Å². The van der Waals surface area contributed by atoms with Crippen LogP contribution in [-0.2, 0) is 4.79 Å². The fourth-order valence-corrected chi connectivity index (χ4v) is 1.51. The van der Waals surface area contributed by atoms with Crippen LogP contribution in [0.4, 0.5) is 5.69 Å². The van der Waals surface area contributed by atoms with Crippen LogP contribution in [0.5, 0.6) is 5.75 Å². The number of ether oxygens (including phenoxy) is 1. The smallest absolute Gasteiger partial charge is 0.225 e. The lowest BCUT2D eigenvalue weighted by molar-refractivity contribution is -0.116. The molecular formula is C14H22N2O2. The number of aryl methyl sites for hydroxylation is 1. The highest BCUT2D eigenvalue weighted by Crippen LogP contribution is 2.22. The van der Waals surface area contributed by atoms with E-state index in [4.69, 9.17) is 10.5 Å². The van der Waals surface area contributed by atoms with Crippen molar-refractivity contribution < 1.29 is 9.53 Å². The van der Waals surface area contributed by atoms with E-state index in [-0.39, 0.29) is 11.9 Å². The molecule has 4 nitrogen and oxygen atoms in total. The molecule has 0 saturated heterocycles. The fraction of sp³-hybridized carbons (Fsp3) is 0.500. The summed E-state index contributed by atoms with van der Waals surface area (Å²) in [6.45, 7) is 5.96. The average Bonchev–Trinajstić information content (AvgIpc) is 2.31. The van der Waals surface area contributed by atoms with Gasteiger partial charge in [0.05, 0.1) is 7.11 Å². The number of carbonyl (C=O) groups excluding carboxylic acids is 1. The summed E-state index contributed by atoms with van der Waals surface area (Å²) in [5, 5.41) is 2.87. The monoisotopic (exact) mass is 250 g/mol. The quantitative estimate of drug-likeness (QED) is 0.843. The number of benzene rings is 1. The summed E-state index contributed by atoms with van der Waals surface area (Å²) in [4.78, 5) is 11.8. The van der Waals surface area contributed by atoms with Crippen molar-refractivity contribution in [3.63, 3.8) is 0 Å². The maximum absolute atomic E-state index is 11.8. The Morgan fingerprint density at radius 3 is 2.67 bits per heavy atom. The van der Waals surface area contributed by atoms with Gasteiger partial charge in [-0.15, -0.1) is 0 Å². The number of nitrogens with two attached hydrogens (primary N) is 1. The van der Waals surface area contributed by atoms with E-state index in [0.717, 1.165) is 17.0 Å². The molecule has 0 fully saturated rings. The summed E-state index contributed by atoms with van der Waals surface area (Å²) >= 11 is 0. The second-order valence-corrected chi connectivity index (χ2v) is 4.84. The first-order chi connectivity index (χ1) is 8.43. The van der Waals surface area contributed by atoms with Crippen molar-refractivity contribution in [3.8, 4) is 5.75 Å². The molecule has 1 unspecified atom stereocenters. The van der Waals surface area contributed by atoms with Crippen LogP contribution >= 0.6 is 0 Å². The van der Waals surface area contributed by atoms with Gasteiger partial charge in [-0.3, -0.25) is 4.79 Å². The number of hydrogen-bond donors (Lipinski definition) is 2. The van der Waals surface area contributed by atoms with Crippen LogP contribution in [-0.4, -0.2) is 19.1 Å². The van der Waals surface area contributed by atoms with Crippen molar-refractivity contribution in [2.24, 2.45) is 11.7 Å². The highest BCUT2D eigenvalue weighted by Gasteiger charge is 2.13. The molecule has 0 radical (unpaired) electrons. The third-order valence-corrected chi connectivity index (χ3v) is 3.00. The predicted octanol–water partition coefficient (Wildman–Crippen LogP) is 2.32. The van der Waals surface area contributed by atoms with E-state index in [1.165, 1.54) is 0 Å². The maximum atomic E-state index is 11.8. The van der Waals surface area contributed by atoms with Gasteiger partial charge in [0.25, 0.3) is 0 Å². The minimum absolute atomic E-state index is 0.0625. The molecule has 0 spiro atoms. The Hall–Kier alpha value is -1.55. The van der Waals surface area contributed by atoms with Crippen LogP contribution in [0.3, 0.4) is 0 Å². The highest BCUT2D eigenvalue weighted by atomic mass is 16.5. The molecule has 0 saturated carbocycles. The standard InChI is InChI=1S/C14H22N2O2/c1-9(2)12(15)8-14(17)16-13-7-11(18-4)6-5-10(13)3/h5-7,9,12H,8,15H2,1-4H3,(H,16,17). The van der Waals surface area contributed by atoms with Crippen molar-refractivity contribution in [2.45, 2.75) is 33.2 Å². The van der Waals surface area contributed by atoms with Gasteiger partial charge in [-0.1, -0.05) is 19.9 Å². The Bertz CT molecular complexity index is 416. The van der Waals surface area contributed by atoms with Crippen LogP contribution in [0.1, 0.15) is 25.8 Å². The first kappa shape index (κ1) is 14.5. The Morgan fingerprint density at radius 2 is 2.11 bits per heavy atom. The molecule has 1 amide bonds. The minimum atomic E-state index is -0.115. The zero-order valence-corrected chi connectivity index (χ0v) is 11.5. The van der Waals surface area contributed by atoms with Gasteiger partial charge in [-0.25, -0.2) is 0 Å². The van der Waals surface area contributed by atoms with Crippen molar-refractivity contribution in [1.29, 1.82) is 0 Å². The molecule has 1 aromatic rings. The van der Waals surface area contributed by atoms with Crippen LogP contribution in [0.25, 0.3) is 0 Å². The van der Waals surface area contributed by atoms with E-state index < -0.39 is 0 Å². The Balaban J connectivity index is 2.69. The zero-order chi connectivity index (χ0) is 13.7. The van der Waals surface area contributed by atoms with Crippen molar-refractivity contribution in [2.75, 3.05) is 12.4 Å². The molecule has 1 rings (SSSR count). The summed E-state index contributed by atoms with van der Waals surface area (Å²) in [5.74, 6) is 0.957. The molecule has 4 heteroatoms. The number of anilines is 1. The summed E-state index contributed by atoms with van der Waals surface area (Å²) in [5.41, 5.74) is 7.66. The van der Waals surface area contributed by atoms with Crippen LogP contribution < -0.4 is 15.8 Å². The summed E-state index contributed by atoms with van der Waals surface area (Å²) in [6, 6.07) is 5.48. The topological polar surface area (TPSA) is 64.3 Å². The fourth-order valence-electron chi connectivity index (χ4n) is 1.51. The van der Waals surface area contributed by atoms with Crippen LogP contribution in [0.2, 0.25) is 0 Å². The molecular weight excluding hydrogens is 228 g/mol. The molecule has 0 aromatic heterocycles. The van der Waals surface area contributed by atoms with E-state index in [1.807, 2.05) is 39.0 Å². The normalized spacial score (nSPS) is 12.3. The van der Waals surface area contributed by atoms with Gasteiger partial charge in [-0.2, -0.15) is 0 Å². The summed E-state index contributed by atoms with van der Waals surface area (Å²) < 4.78 is 5.13. The minimum Gasteiger partial charge on any atom is -0.497 e. The molecule has 1 aromatic carbocycles. The van der Waals surface area contributed by atoms with E-state index in [9.17, 15) is 4.79 Å². The summed E-state index contributed by atoms with van der Waals surface area (Å²) in [6.07, 6.45) is 0.328. The van der Waals surface area contributed by atoms with Gasteiger partial charge in [0.1, 0.15) is 5.75 Å². The molecule has 0 bridgehead atoms. The van der Waals surface area contributed by atoms with Crippen molar-refractivity contribution in [1.82, 2.24) is 0 Å². The lowest BCUT2D eigenvalue weighted by Gasteiger charge is -2.16. The number of hydrogen-bond acceptors (Lipinski definition) is 3. The SMILES string of the molecule is COc1ccc(C)c(NC(=O)CC(N)C(C)C)c1. The average molecular weight is 250 g/mol. The first-order valence-corrected chi connectivity index (χ1v) is 6.14.